The van der Waals surface area contributed by atoms with Gasteiger partial charge in [-0.1, -0.05) is 109 Å². The molecule has 0 fully saturated rings. The standard InChI is InChI=1S/C37H23N3O/c1-3-10-24(11-4-1)35-38-36(25-12-5-2-6-13-25)40-37(39-35)29-15-9-14-26(20-29)27-18-19-28-22-32-31-16-7-8-17-33(31)41-34(32)23-30(28)21-27/h1-23H. The highest BCUT2D eigenvalue weighted by Gasteiger charge is 2.13. The molecule has 0 atom stereocenters. The molecule has 192 valence electrons. The fraction of sp³-hybridized carbons (Fsp3) is 0. The Hall–Kier alpha value is -5.61. The van der Waals surface area contributed by atoms with Gasteiger partial charge in [-0.25, -0.2) is 15.0 Å². The van der Waals surface area contributed by atoms with Gasteiger partial charge in [0.15, 0.2) is 17.5 Å². The van der Waals surface area contributed by atoms with Crippen molar-refractivity contribution in [3.63, 3.8) is 0 Å². The van der Waals surface area contributed by atoms with E-state index >= 15 is 0 Å². The third kappa shape index (κ3) is 4.23. The topological polar surface area (TPSA) is 51.8 Å². The molecule has 2 aromatic heterocycles. The lowest BCUT2D eigenvalue weighted by molar-refractivity contribution is 0.669. The van der Waals surface area contributed by atoms with Crippen LogP contribution in [0, 0.1) is 0 Å². The molecule has 4 nitrogen and oxygen atoms in total. The first-order chi connectivity index (χ1) is 20.3. The van der Waals surface area contributed by atoms with Crippen molar-refractivity contribution in [2.45, 2.75) is 0 Å². The van der Waals surface area contributed by atoms with E-state index in [-0.39, 0.29) is 0 Å². The summed E-state index contributed by atoms with van der Waals surface area (Å²) >= 11 is 0. The zero-order valence-corrected chi connectivity index (χ0v) is 22.0. The van der Waals surface area contributed by atoms with Gasteiger partial charge >= 0.3 is 0 Å². The van der Waals surface area contributed by atoms with Crippen LogP contribution in [0.3, 0.4) is 0 Å². The Balaban J connectivity index is 1.24. The summed E-state index contributed by atoms with van der Waals surface area (Å²) in [4.78, 5) is 14.6. The molecule has 8 rings (SSSR count). The van der Waals surface area contributed by atoms with E-state index in [9.17, 15) is 0 Å². The van der Waals surface area contributed by atoms with E-state index in [4.69, 9.17) is 19.4 Å². The van der Waals surface area contributed by atoms with Crippen LogP contribution in [0.5, 0.6) is 0 Å². The number of nitrogens with zero attached hydrogens (tertiary/aromatic N) is 3. The molecule has 41 heavy (non-hydrogen) atoms. The SMILES string of the molecule is c1ccc(-c2nc(-c3ccccc3)nc(-c3cccc(-c4ccc5cc6c(cc5c4)oc4ccccc46)c3)n2)cc1. The lowest BCUT2D eigenvalue weighted by Crippen LogP contribution is -2.00. The maximum Gasteiger partial charge on any atom is 0.164 e. The first-order valence-electron chi connectivity index (χ1n) is 13.6. The monoisotopic (exact) mass is 525 g/mol. The van der Waals surface area contributed by atoms with Crippen LogP contribution in [0.15, 0.2) is 144 Å². The van der Waals surface area contributed by atoms with Gasteiger partial charge in [0.25, 0.3) is 0 Å². The van der Waals surface area contributed by atoms with Gasteiger partial charge in [0.2, 0.25) is 0 Å². The minimum atomic E-state index is 0.643. The number of fused-ring (bicyclic) bond motifs is 4. The molecule has 0 saturated heterocycles. The second-order valence-electron chi connectivity index (χ2n) is 10.1. The third-order valence-electron chi connectivity index (χ3n) is 7.49. The number of rotatable bonds is 4. The van der Waals surface area contributed by atoms with E-state index in [1.807, 2.05) is 72.8 Å². The molecule has 4 heteroatoms. The Morgan fingerprint density at radius 3 is 1.66 bits per heavy atom. The predicted molar refractivity (Wildman–Crippen MR) is 166 cm³/mol. The van der Waals surface area contributed by atoms with Crippen LogP contribution in [0.2, 0.25) is 0 Å². The largest absolute Gasteiger partial charge is 0.456 e. The molecule has 0 spiro atoms. The van der Waals surface area contributed by atoms with Gasteiger partial charge < -0.3 is 4.42 Å². The summed E-state index contributed by atoms with van der Waals surface area (Å²) in [5.74, 6) is 1.95. The highest BCUT2D eigenvalue weighted by atomic mass is 16.3. The van der Waals surface area contributed by atoms with Gasteiger partial charge in [0, 0.05) is 27.5 Å². The summed E-state index contributed by atoms with van der Waals surface area (Å²) in [5, 5.41) is 4.60. The Morgan fingerprint density at radius 2 is 0.927 bits per heavy atom. The fourth-order valence-corrected chi connectivity index (χ4v) is 5.42. The maximum absolute atomic E-state index is 6.16. The average molecular weight is 526 g/mol. The van der Waals surface area contributed by atoms with Crippen molar-refractivity contribution in [3.8, 4) is 45.3 Å². The summed E-state index contributed by atoms with van der Waals surface area (Å²) in [6.45, 7) is 0. The summed E-state index contributed by atoms with van der Waals surface area (Å²) in [7, 11) is 0. The molecule has 0 radical (unpaired) electrons. The maximum atomic E-state index is 6.16. The average Bonchev–Trinajstić information content (AvgIpc) is 3.41. The number of furan rings is 1. The highest BCUT2D eigenvalue weighted by Crippen LogP contribution is 2.34. The van der Waals surface area contributed by atoms with Gasteiger partial charge in [-0.15, -0.1) is 0 Å². The number of hydrogen-bond acceptors (Lipinski definition) is 4. The molecule has 0 amide bonds. The Morgan fingerprint density at radius 1 is 0.341 bits per heavy atom. The van der Waals surface area contributed by atoms with E-state index in [1.165, 1.54) is 5.39 Å². The summed E-state index contributed by atoms with van der Waals surface area (Å²) in [5.41, 5.74) is 6.87. The minimum absolute atomic E-state index is 0.643. The van der Waals surface area contributed by atoms with Gasteiger partial charge in [-0.3, -0.25) is 0 Å². The molecular formula is C37H23N3O. The Labute approximate surface area is 236 Å². The van der Waals surface area contributed by atoms with E-state index in [2.05, 4.69) is 66.7 Å². The van der Waals surface area contributed by atoms with Crippen molar-refractivity contribution in [3.05, 3.63) is 140 Å². The Bertz CT molecular complexity index is 2140. The lowest BCUT2D eigenvalue weighted by Gasteiger charge is -2.10. The molecule has 0 aliphatic heterocycles. The van der Waals surface area contributed by atoms with Crippen LogP contribution in [0.1, 0.15) is 0 Å². The zero-order chi connectivity index (χ0) is 27.2. The quantitative estimate of drug-likeness (QED) is 0.230. The van der Waals surface area contributed by atoms with E-state index in [0.717, 1.165) is 55.1 Å². The number of hydrogen-bond donors (Lipinski definition) is 0. The molecule has 8 aromatic rings. The first kappa shape index (κ1) is 23.3. The van der Waals surface area contributed by atoms with Crippen LogP contribution >= 0.6 is 0 Å². The fourth-order valence-electron chi connectivity index (χ4n) is 5.42. The van der Waals surface area contributed by atoms with Crippen molar-refractivity contribution in [2.24, 2.45) is 0 Å². The minimum Gasteiger partial charge on any atom is -0.456 e. The van der Waals surface area contributed by atoms with Crippen LogP contribution in [0.4, 0.5) is 0 Å². The smallest absolute Gasteiger partial charge is 0.164 e. The normalized spacial score (nSPS) is 11.4. The molecule has 0 N–H and O–H groups in total. The van der Waals surface area contributed by atoms with Crippen LogP contribution in [0.25, 0.3) is 78.0 Å². The number of benzene rings is 6. The van der Waals surface area contributed by atoms with Crippen molar-refractivity contribution in [1.82, 2.24) is 15.0 Å². The van der Waals surface area contributed by atoms with Crippen molar-refractivity contribution >= 4 is 32.7 Å². The molecule has 0 bridgehead atoms. The predicted octanol–water partition coefficient (Wildman–Crippen LogP) is 9.59. The molecule has 0 unspecified atom stereocenters. The summed E-state index contributed by atoms with van der Waals surface area (Å²) < 4.78 is 6.16. The second-order valence-corrected chi connectivity index (χ2v) is 10.1. The van der Waals surface area contributed by atoms with E-state index < -0.39 is 0 Å². The molecular weight excluding hydrogens is 502 g/mol. The summed E-state index contributed by atoms with van der Waals surface area (Å²) in [6, 6.07) is 47.6. The lowest BCUT2D eigenvalue weighted by atomic mass is 9.98. The number of para-hydroxylation sites is 1. The third-order valence-corrected chi connectivity index (χ3v) is 7.49. The van der Waals surface area contributed by atoms with Crippen LogP contribution in [-0.4, -0.2) is 15.0 Å². The van der Waals surface area contributed by atoms with E-state index in [1.54, 1.807) is 0 Å². The van der Waals surface area contributed by atoms with Gasteiger partial charge in [-0.05, 0) is 52.2 Å². The van der Waals surface area contributed by atoms with Crippen molar-refractivity contribution in [1.29, 1.82) is 0 Å². The molecule has 6 aromatic carbocycles. The van der Waals surface area contributed by atoms with Gasteiger partial charge in [-0.2, -0.15) is 0 Å². The molecule has 2 heterocycles. The van der Waals surface area contributed by atoms with Crippen LogP contribution in [-0.2, 0) is 0 Å². The van der Waals surface area contributed by atoms with Gasteiger partial charge in [0.1, 0.15) is 11.2 Å². The first-order valence-corrected chi connectivity index (χ1v) is 13.6. The van der Waals surface area contributed by atoms with Crippen LogP contribution < -0.4 is 0 Å². The van der Waals surface area contributed by atoms with E-state index in [0.29, 0.717) is 17.5 Å². The van der Waals surface area contributed by atoms with Crippen molar-refractivity contribution < 1.29 is 4.42 Å². The van der Waals surface area contributed by atoms with Gasteiger partial charge in [0.05, 0.1) is 0 Å². The highest BCUT2D eigenvalue weighted by molar-refractivity contribution is 6.10. The second kappa shape index (κ2) is 9.54. The molecule has 0 aliphatic carbocycles. The molecule has 0 aliphatic rings. The molecule has 0 saturated carbocycles. The zero-order valence-electron chi connectivity index (χ0n) is 22.0. The van der Waals surface area contributed by atoms with Crippen molar-refractivity contribution in [2.75, 3.05) is 0 Å². The number of aromatic nitrogens is 3. The Kier molecular flexibility index (Phi) is 5.42. The summed E-state index contributed by atoms with van der Waals surface area (Å²) in [6.07, 6.45) is 0.